The molecule has 1 aliphatic heterocycles. The standard InChI is InChI=1S/C23H25N3O/c1-27-21-9-2-6-18(15-21)14-20-8-3-10-22(25-20)23-11-5-13-26(23)17-19-7-4-12-24-16-19/h2-4,6-10,12,15-16,23H,5,11,13-14,17H2,1H3/t23-/m0/s1. The van der Waals surface area contributed by atoms with Crippen LogP contribution < -0.4 is 4.74 Å². The first-order valence-corrected chi connectivity index (χ1v) is 9.53. The van der Waals surface area contributed by atoms with Crippen LogP contribution in [0.5, 0.6) is 5.75 Å². The first-order chi connectivity index (χ1) is 13.3. The topological polar surface area (TPSA) is 38.2 Å². The molecule has 4 rings (SSSR count). The van der Waals surface area contributed by atoms with Crippen LogP contribution in [0.3, 0.4) is 0 Å². The van der Waals surface area contributed by atoms with Gasteiger partial charge in [0.1, 0.15) is 5.75 Å². The van der Waals surface area contributed by atoms with Crippen molar-refractivity contribution in [2.75, 3.05) is 13.7 Å². The maximum Gasteiger partial charge on any atom is 0.119 e. The fourth-order valence-corrected chi connectivity index (χ4v) is 3.85. The van der Waals surface area contributed by atoms with Gasteiger partial charge in [0.25, 0.3) is 0 Å². The maximum absolute atomic E-state index is 5.34. The van der Waals surface area contributed by atoms with E-state index in [-0.39, 0.29) is 0 Å². The second-order valence-corrected chi connectivity index (χ2v) is 7.07. The summed E-state index contributed by atoms with van der Waals surface area (Å²) < 4.78 is 5.34. The largest absolute Gasteiger partial charge is 0.497 e. The summed E-state index contributed by atoms with van der Waals surface area (Å²) in [6.07, 6.45) is 6.99. The van der Waals surface area contributed by atoms with E-state index in [1.165, 1.54) is 23.2 Å². The van der Waals surface area contributed by atoms with Crippen LogP contribution in [-0.4, -0.2) is 28.5 Å². The van der Waals surface area contributed by atoms with E-state index in [2.05, 4.69) is 46.3 Å². The smallest absolute Gasteiger partial charge is 0.119 e. The van der Waals surface area contributed by atoms with E-state index >= 15 is 0 Å². The molecule has 0 bridgehead atoms. The fraction of sp³-hybridized carbons (Fsp3) is 0.304. The van der Waals surface area contributed by atoms with Crippen molar-refractivity contribution in [2.24, 2.45) is 0 Å². The van der Waals surface area contributed by atoms with Crippen molar-refractivity contribution >= 4 is 0 Å². The van der Waals surface area contributed by atoms with Crippen molar-refractivity contribution in [2.45, 2.75) is 31.8 Å². The van der Waals surface area contributed by atoms with Gasteiger partial charge in [-0.25, -0.2) is 0 Å². The molecule has 1 atom stereocenters. The van der Waals surface area contributed by atoms with Crippen LogP contribution in [0.15, 0.2) is 67.0 Å². The lowest BCUT2D eigenvalue weighted by molar-refractivity contribution is 0.244. The second kappa shape index (κ2) is 8.31. The zero-order chi connectivity index (χ0) is 18.5. The van der Waals surface area contributed by atoms with Gasteiger partial charge in [-0.1, -0.05) is 24.3 Å². The molecule has 1 aliphatic rings. The summed E-state index contributed by atoms with van der Waals surface area (Å²) in [7, 11) is 1.70. The molecule has 1 aromatic carbocycles. The highest BCUT2D eigenvalue weighted by molar-refractivity contribution is 5.31. The minimum atomic E-state index is 0.385. The predicted molar refractivity (Wildman–Crippen MR) is 107 cm³/mol. The van der Waals surface area contributed by atoms with Gasteiger partial charge in [0.05, 0.1) is 18.8 Å². The Morgan fingerprint density at radius 3 is 2.81 bits per heavy atom. The normalized spacial score (nSPS) is 17.1. The molecule has 0 saturated carbocycles. The number of aromatic nitrogens is 2. The number of hydrogen-bond acceptors (Lipinski definition) is 4. The quantitative estimate of drug-likeness (QED) is 0.653. The number of nitrogens with zero attached hydrogens (tertiary/aromatic N) is 3. The summed E-state index contributed by atoms with van der Waals surface area (Å²) in [6.45, 7) is 2.04. The highest BCUT2D eigenvalue weighted by Gasteiger charge is 2.27. The predicted octanol–water partition coefficient (Wildman–Crippen LogP) is 4.41. The summed E-state index contributed by atoms with van der Waals surface area (Å²) in [5.74, 6) is 0.891. The van der Waals surface area contributed by atoms with Crippen LogP contribution in [0.25, 0.3) is 0 Å². The van der Waals surface area contributed by atoms with Crippen LogP contribution in [0.1, 0.15) is 41.4 Å². The van der Waals surface area contributed by atoms with E-state index in [1.54, 1.807) is 7.11 Å². The second-order valence-electron chi connectivity index (χ2n) is 7.07. The zero-order valence-corrected chi connectivity index (χ0v) is 15.7. The minimum absolute atomic E-state index is 0.385. The number of ether oxygens (including phenoxy) is 1. The van der Waals surface area contributed by atoms with E-state index in [9.17, 15) is 0 Å². The number of rotatable bonds is 6. The van der Waals surface area contributed by atoms with E-state index < -0.39 is 0 Å². The first-order valence-electron chi connectivity index (χ1n) is 9.53. The van der Waals surface area contributed by atoms with Crippen molar-refractivity contribution in [3.05, 3.63) is 89.5 Å². The van der Waals surface area contributed by atoms with Gasteiger partial charge in [-0.3, -0.25) is 14.9 Å². The highest BCUT2D eigenvalue weighted by Crippen LogP contribution is 2.32. The van der Waals surface area contributed by atoms with Crippen LogP contribution in [0.4, 0.5) is 0 Å². The van der Waals surface area contributed by atoms with Gasteiger partial charge in [-0.15, -0.1) is 0 Å². The molecule has 1 fully saturated rings. The molecule has 4 heteroatoms. The van der Waals surface area contributed by atoms with E-state index in [0.29, 0.717) is 6.04 Å². The van der Waals surface area contributed by atoms with Gasteiger partial charge in [0.2, 0.25) is 0 Å². The average Bonchev–Trinajstić information content (AvgIpc) is 3.17. The van der Waals surface area contributed by atoms with E-state index in [0.717, 1.165) is 37.4 Å². The Labute approximate surface area is 160 Å². The van der Waals surface area contributed by atoms with Gasteiger partial charge in [-0.05, 0) is 60.8 Å². The Hall–Kier alpha value is -2.72. The van der Waals surface area contributed by atoms with Gasteiger partial charge < -0.3 is 4.74 Å². The molecule has 1 saturated heterocycles. The molecular formula is C23H25N3O. The Morgan fingerprint density at radius 1 is 1.07 bits per heavy atom. The van der Waals surface area contributed by atoms with Crippen molar-refractivity contribution in [1.29, 1.82) is 0 Å². The van der Waals surface area contributed by atoms with Gasteiger partial charge in [-0.2, -0.15) is 0 Å². The van der Waals surface area contributed by atoms with Crippen LogP contribution in [0.2, 0.25) is 0 Å². The lowest BCUT2D eigenvalue weighted by atomic mass is 10.1. The van der Waals surface area contributed by atoms with Crippen molar-refractivity contribution in [3.8, 4) is 5.75 Å². The Balaban J connectivity index is 1.51. The summed E-state index contributed by atoms with van der Waals surface area (Å²) in [6, 6.07) is 19.2. The summed E-state index contributed by atoms with van der Waals surface area (Å²) in [5.41, 5.74) is 4.76. The molecule has 0 aliphatic carbocycles. The van der Waals surface area contributed by atoms with Crippen LogP contribution >= 0.6 is 0 Å². The number of benzene rings is 1. The van der Waals surface area contributed by atoms with Crippen LogP contribution in [-0.2, 0) is 13.0 Å². The SMILES string of the molecule is COc1cccc(Cc2cccc([C@@H]3CCCN3Cc3cccnc3)n2)c1. The van der Waals surface area contributed by atoms with Crippen molar-refractivity contribution in [1.82, 2.24) is 14.9 Å². The summed E-state index contributed by atoms with van der Waals surface area (Å²) in [4.78, 5) is 11.8. The third-order valence-electron chi connectivity index (χ3n) is 5.16. The molecule has 0 unspecified atom stereocenters. The molecule has 0 amide bonds. The molecule has 27 heavy (non-hydrogen) atoms. The molecule has 0 N–H and O–H groups in total. The molecule has 0 spiro atoms. The Morgan fingerprint density at radius 2 is 1.96 bits per heavy atom. The van der Waals surface area contributed by atoms with Crippen molar-refractivity contribution < 1.29 is 4.74 Å². The zero-order valence-electron chi connectivity index (χ0n) is 15.7. The molecule has 2 aromatic heterocycles. The molecule has 0 radical (unpaired) electrons. The number of methoxy groups -OCH3 is 1. The molecule has 3 aromatic rings. The fourth-order valence-electron chi connectivity index (χ4n) is 3.85. The first kappa shape index (κ1) is 17.7. The van der Waals surface area contributed by atoms with Gasteiger partial charge in [0, 0.05) is 31.1 Å². The number of likely N-dealkylation sites (tertiary alicyclic amines) is 1. The van der Waals surface area contributed by atoms with E-state index in [4.69, 9.17) is 9.72 Å². The van der Waals surface area contributed by atoms with Gasteiger partial charge >= 0.3 is 0 Å². The summed E-state index contributed by atoms with van der Waals surface area (Å²) >= 11 is 0. The number of hydrogen-bond donors (Lipinski definition) is 0. The van der Waals surface area contributed by atoms with Crippen molar-refractivity contribution in [3.63, 3.8) is 0 Å². The third-order valence-corrected chi connectivity index (χ3v) is 5.16. The number of pyridine rings is 2. The summed E-state index contributed by atoms with van der Waals surface area (Å²) in [5, 5.41) is 0. The molecular weight excluding hydrogens is 334 g/mol. The lowest BCUT2D eigenvalue weighted by Crippen LogP contribution is -2.23. The molecule has 4 nitrogen and oxygen atoms in total. The monoisotopic (exact) mass is 359 g/mol. The highest BCUT2D eigenvalue weighted by atomic mass is 16.5. The minimum Gasteiger partial charge on any atom is -0.497 e. The Kier molecular flexibility index (Phi) is 5.45. The lowest BCUT2D eigenvalue weighted by Gasteiger charge is -2.24. The average molecular weight is 359 g/mol. The maximum atomic E-state index is 5.34. The third kappa shape index (κ3) is 4.34. The molecule has 138 valence electrons. The van der Waals surface area contributed by atoms with Crippen LogP contribution in [0, 0.1) is 0 Å². The Bertz CT molecular complexity index is 882. The van der Waals surface area contributed by atoms with E-state index in [1.807, 2.05) is 30.6 Å². The van der Waals surface area contributed by atoms with Gasteiger partial charge in [0.15, 0.2) is 0 Å². The molecule has 3 heterocycles.